The highest BCUT2D eigenvalue weighted by Gasteiger charge is 2.25. The Bertz CT molecular complexity index is 1320. The third-order valence-corrected chi connectivity index (χ3v) is 7.15. The number of rotatable bonds is 6. The van der Waals surface area contributed by atoms with Gasteiger partial charge in [0.25, 0.3) is 5.91 Å². The van der Waals surface area contributed by atoms with Crippen molar-refractivity contribution >= 4 is 55.7 Å². The molecule has 4 aromatic rings. The predicted molar refractivity (Wildman–Crippen MR) is 129 cm³/mol. The lowest BCUT2D eigenvalue weighted by Crippen LogP contribution is -2.12. The van der Waals surface area contributed by atoms with Gasteiger partial charge in [0.15, 0.2) is 0 Å². The number of ether oxygens (including phenoxy) is 2. The van der Waals surface area contributed by atoms with Crippen LogP contribution in [0.2, 0.25) is 0 Å². The van der Waals surface area contributed by atoms with E-state index in [0.29, 0.717) is 37.1 Å². The Balaban J connectivity index is 1.73. The van der Waals surface area contributed by atoms with Crippen LogP contribution in [-0.4, -0.2) is 36.5 Å². The average Bonchev–Trinajstić information content (AvgIpc) is 3.39. The van der Waals surface area contributed by atoms with Crippen LogP contribution in [-0.2, 0) is 9.47 Å². The number of nitrogens with zero attached hydrogens (tertiary/aromatic N) is 1. The van der Waals surface area contributed by atoms with E-state index in [1.165, 1.54) is 30.6 Å². The van der Waals surface area contributed by atoms with Crippen molar-refractivity contribution in [1.29, 1.82) is 0 Å². The summed E-state index contributed by atoms with van der Waals surface area (Å²) in [5, 5.41) is 4.13. The van der Waals surface area contributed by atoms with Crippen molar-refractivity contribution in [2.75, 3.05) is 19.0 Å². The zero-order valence-electron chi connectivity index (χ0n) is 18.1. The number of esters is 2. The minimum absolute atomic E-state index is 0.251. The van der Waals surface area contributed by atoms with E-state index < -0.39 is 11.9 Å². The summed E-state index contributed by atoms with van der Waals surface area (Å²) in [5.74, 6) is -1.29. The molecule has 2 aromatic carbocycles. The van der Waals surface area contributed by atoms with E-state index in [9.17, 15) is 14.4 Å². The zero-order chi connectivity index (χ0) is 23.5. The van der Waals surface area contributed by atoms with Crippen LogP contribution in [0.4, 0.5) is 5.00 Å². The molecule has 0 unspecified atom stereocenters. The molecule has 33 heavy (non-hydrogen) atoms. The number of hydrogen-bond acceptors (Lipinski definition) is 8. The smallest absolute Gasteiger partial charge is 0.348 e. The van der Waals surface area contributed by atoms with Gasteiger partial charge in [-0.3, -0.25) is 4.79 Å². The van der Waals surface area contributed by atoms with Crippen molar-refractivity contribution in [3.05, 3.63) is 70.1 Å². The van der Waals surface area contributed by atoms with E-state index in [2.05, 4.69) is 5.32 Å². The molecule has 168 valence electrons. The largest absolute Gasteiger partial charge is 0.465 e. The fourth-order valence-electron chi connectivity index (χ4n) is 3.28. The minimum atomic E-state index is -0.479. The fourth-order valence-corrected chi connectivity index (χ4v) is 5.52. The molecule has 0 radical (unpaired) electrons. The first-order chi connectivity index (χ1) is 15.9. The van der Waals surface area contributed by atoms with Crippen molar-refractivity contribution in [2.24, 2.45) is 0 Å². The summed E-state index contributed by atoms with van der Waals surface area (Å²) in [6, 6.07) is 13.9. The Morgan fingerprint density at radius 3 is 2.33 bits per heavy atom. The molecule has 1 amide bonds. The first-order valence-electron chi connectivity index (χ1n) is 10.1. The number of hydrogen-bond donors (Lipinski definition) is 1. The van der Waals surface area contributed by atoms with Gasteiger partial charge in [-0.2, -0.15) is 0 Å². The van der Waals surface area contributed by atoms with Crippen molar-refractivity contribution in [1.82, 2.24) is 4.98 Å². The standard InChI is InChI=1S/C24H20N2O5S2/c1-4-31-24(29)19-13(2)18(21-25-16-7-5-6-8-17(16)32-21)22(33-19)26-20(27)14-9-11-15(12-10-14)23(28)30-3/h5-12H,4H2,1-3H3,(H,26,27). The van der Waals surface area contributed by atoms with Crippen molar-refractivity contribution in [3.63, 3.8) is 0 Å². The third-order valence-electron chi connectivity index (χ3n) is 4.91. The molecule has 2 heterocycles. The summed E-state index contributed by atoms with van der Waals surface area (Å²) in [6.45, 7) is 3.82. The summed E-state index contributed by atoms with van der Waals surface area (Å²) in [5.41, 5.74) is 2.96. The monoisotopic (exact) mass is 480 g/mol. The summed E-state index contributed by atoms with van der Waals surface area (Å²) >= 11 is 2.65. The lowest BCUT2D eigenvalue weighted by Gasteiger charge is -2.06. The maximum atomic E-state index is 13.0. The number of nitrogens with one attached hydrogen (secondary N) is 1. The molecule has 0 spiro atoms. The van der Waals surface area contributed by atoms with Crippen LogP contribution in [0.5, 0.6) is 0 Å². The van der Waals surface area contributed by atoms with Crippen molar-refractivity contribution in [2.45, 2.75) is 13.8 Å². The molecule has 7 nitrogen and oxygen atoms in total. The quantitative estimate of drug-likeness (QED) is 0.364. The highest BCUT2D eigenvalue weighted by molar-refractivity contribution is 7.23. The number of aromatic nitrogens is 1. The Morgan fingerprint density at radius 1 is 0.970 bits per heavy atom. The highest BCUT2D eigenvalue weighted by Crippen LogP contribution is 2.43. The van der Waals surface area contributed by atoms with Gasteiger partial charge in [-0.25, -0.2) is 14.6 Å². The van der Waals surface area contributed by atoms with Crippen LogP contribution in [0.15, 0.2) is 48.5 Å². The number of para-hydroxylation sites is 1. The maximum Gasteiger partial charge on any atom is 0.348 e. The fraction of sp³-hybridized carbons (Fsp3) is 0.167. The van der Waals surface area contributed by atoms with E-state index in [-0.39, 0.29) is 12.5 Å². The molecule has 0 saturated heterocycles. The van der Waals surface area contributed by atoms with Gasteiger partial charge in [0.2, 0.25) is 0 Å². The molecule has 0 fully saturated rings. The molecule has 0 saturated carbocycles. The number of thiophene rings is 1. The SMILES string of the molecule is CCOC(=O)c1sc(NC(=O)c2ccc(C(=O)OC)cc2)c(-c2nc3ccccc3s2)c1C. The van der Waals surface area contributed by atoms with Crippen LogP contribution < -0.4 is 5.32 Å². The molecular weight excluding hydrogens is 460 g/mol. The predicted octanol–water partition coefficient (Wildman–Crippen LogP) is 5.55. The number of carbonyl (C=O) groups is 3. The lowest BCUT2D eigenvalue weighted by molar-refractivity contribution is 0.0530. The number of carbonyl (C=O) groups excluding carboxylic acids is 3. The molecule has 0 aliphatic carbocycles. The summed E-state index contributed by atoms with van der Waals surface area (Å²) in [6.07, 6.45) is 0. The second-order valence-electron chi connectivity index (χ2n) is 6.99. The van der Waals surface area contributed by atoms with Crippen LogP contribution >= 0.6 is 22.7 Å². The van der Waals surface area contributed by atoms with Crippen LogP contribution in [0.1, 0.15) is 42.9 Å². The Labute approximate surface area is 198 Å². The van der Waals surface area contributed by atoms with Gasteiger partial charge in [0.1, 0.15) is 14.9 Å². The topological polar surface area (TPSA) is 94.6 Å². The van der Waals surface area contributed by atoms with Gasteiger partial charge < -0.3 is 14.8 Å². The molecule has 0 bridgehead atoms. The second kappa shape index (κ2) is 9.51. The van der Waals surface area contributed by atoms with Gasteiger partial charge in [-0.15, -0.1) is 22.7 Å². The van der Waals surface area contributed by atoms with Gasteiger partial charge in [0, 0.05) is 11.1 Å². The number of fused-ring (bicyclic) bond motifs is 1. The molecule has 0 aliphatic rings. The summed E-state index contributed by atoms with van der Waals surface area (Å²) < 4.78 is 10.9. The van der Waals surface area contributed by atoms with Crippen LogP contribution in [0, 0.1) is 6.92 Å². The summed E-state index contributed by atoms with van der Waals surface area (Å²) in [7, 11) is 1.30. The molecule has 0 atom stereocenters. The van der Waals surface area contributed by atoms with E-state index in [1.54, 1.807) is 19.1 Å². The Hall–Kier alpha value is -3.56. The van der Waals surface area contributed by atoms with Crippen molar-refractivity contribution < 1.29 is 23.9 Å². The number of methoxy groups -OCH3 is 1. The molecule has 4 rings (SSSR count). The first kappa shape index (κ1) is 22.6. The molecule has 9 heteroatoms. The average molecular weight is 481 g/mol. The summed E-state index contributed by atoms with van der Waals surface area (Å²) in [4.78, 5) is 42.3. The second-order valence-corrected chi connectivity index (χ2v) is 9.04. The normalized spacial score (nSPS) is 10.8. The van der Waals surface area contributed by atoms with Gasteiger partial charge in [0.05, 0.1) is 29.5 Å². The third kappa shape index (κ3) is 4.50. The number of thiazole rings is 1. The van der Waals surface area contributed by atoms with E-state index in [0.717, 1.165) is 21.6 Å². The Morgan fingerprint density at radius 2 is 1.67 bits per heavy atom. The molecule has 2 aromatic heterocycles. The Kier molecular flexibility index (Phi) is 6.52. The highest BCUT2D eigenvalue weighted by atomic mass is 32.1. The minimum Gasteiger partial charge on any atom is -0.465 e. The van der Waals surface area contributed by atoms with Crippen molar-refractivity contribution in [3.8, 4) is 10.6 Å². The van der Waals surface area contributed by atoms with E-state index >= 15 is 0 Å². The molecular formula is C24H20N2O5S2. The maximum absolute atomic E-state index is 13.0. The van der Waals surface area contributed by atoms with Crippen LogP contribution in [0.25, 0.3) is 20.8 Å². The van der Waals surface area contributed by atoms with Crippen LogP contribution in [0.3, 0.4) is 0 Å². The van der Waals surface area contributed by atoms with E-state index in [1.807, 2.05) is 31.2 Å². The van der Waals surface area contributed by atoms with Gasteiger partial charge in [-0.05, 0) is 55.8 Å². The van der Waals surface area contributed by atoms with Gasteiger partial charge >= 0.3 is 11.9 Å². The molecule has 1 N–H and O–H groups in total. The van der Waals surface area contributed by atoms with E-state index in [4.69, 9.17) is 14.5 Å². The number of benzene rings is 2. The van der Waals surface area contributed by atoms with Gasteiger partial charge in [-0.1, -0.05) is 12.1 Å². The lowest BCUT2D eigenvalue weighted by atomic mass is 10.1. The number of anilines is 1. The first-order valence-corrected chi connectivity index (χ1v) is 11.7. The number of amides is 1. The zero-order valence-corrected chi connectivity index (χ0v) is 19.8. The molecule has 0 aliphatic heterocycles.